The van der Waals surface area contributed by atoms with Crippen LogP contribution in [0.3, 0.4) is 0 Å². The molecule has 0 bridgehead atoms. The van der Waals surface area contributed by atoms with Crippen molar-refractivity contribution in [1.29, 1.82) is 0 Å². The van der Waals surface area contributed by atoms with Crippen LogP contribution in [0.25, 0.3) is 0 Å². The Balaban J connectivity index is 1.76. The summed E-state index contributed by atoms with van der Waals surface area (Å²) in [5, 5.41) is 0. The Bertz CT molecular complexity index is 597. The molecule has 1 aromatic rings. The van der Waals surface area contributed by atoms with Crippen molar-refractivity contribution >= 4 is 15.8 Å². The molecule has 0 aromatic carbocycles. The van der Waals surface area contributed by atoms with Crippen LogP contribution < -0.4 is 9.88 Å². The van der Waals surface area contributed by atoms with Crippen molar-refractivity contribution in [2.75, 3.05) is 44.3 Å². The first-order valence-corrected chi connectivity index (χ1v) is 9.36. The topological polar surface area (TPSA) is 64.0 Å². The van der Waals surface area contributed by atoms with Crippen molar-refractivity contribution < 1.29 is 18.1 Å². The SMILES string of the molecule is C[C@H]1CCCN(S(=O)(=O)c2ccc(N3CCOCC3)[nH+]c2)C1. The third-order valence-corrected chi connectivity index (χ3v) is 6.24. The van der Waals surface area contributed by atoms with E-state index in [9.17, 15) is 8.42 Å². The van der Waals surface area contributed by atoms with Crippen molar-refractivity contribution in [2.24, 2.45) is 5.92 Å². The van der Waals surface area contributed by atoms with E-state index in [0.29, 0.717) is 37.1 Å². The predicted octanol–water partition coefficient (Wildman–Crippen LogP) is 0.758. The summed E-state index contributed by atoms with van der Waals surface area (Å²) in [4.78, 5) is 5.64. The molecular weight excluding hydrogens is 302 g/mol. The van der Waals surface area contributed by atoms with Crippen LogP contribution in [0, 0.1) is 5.92 Å². The van der Waals surface area contributed by atoms with Gasteiger partial charge in [-0.3, -0.25) is 4.90 Å². The van der Waals surface area contributed by atoms with Gasteiger partial charge in [-0.2, -0.15) is 4.31 Å². The number of hydrogen-bond acceptors (Lipinski definition) is 4. The van der Waals surface area contributed by atoms with Crippen LogP contribution in [-0.2, 0) is 14.8 Å². The maximum atomic E-state index is 12.7. The molecule has 122 valence electrons. The smallest absolute Gasteiger partial charge is 0.274 e. The molecule has 1 atom stereocenters. The van der Waals surface area contributed by atoms with E-state index in [4.69, 9.17) is 4.74 Å². The summed E-state index contributed by atoms with van der Waals surface area (Å²) in [6.07, 6.45) is 3.66. The number of piperidine rings is 1. The fourth-order valence-electron chi connectivity index (χ4n) is 3.08. The van der Waals surface area contributed by atoms with Gasteiger partial charge < -0.3 is 4.74 Å². The summed E-state index contributed by atoms with van der Waals surface area (Å²) in [6.45, 7) is 6.42. The highest BCUT2D eigenvalue weighted by molar-refractivity contribution is 7.89. The molecule has 3 rings (SSSR count). The molecule has 2 saturated heterocycles. The lowest BCUT2D eigenvalue weighted by molar-refractivity contribution is -0.367. The molecule has 2 aliphatic rings. The van der Waals surface area contributed by atoms with Gasteiger partial charge in [0.1, 0.15) is 24.2 Å². The molecule has 1 N–H and O–H groups in total. The van der Waals surface area contributed by atoms with E-state index in [1.807, 2.05) is 6.07 Å². The second-order valence-corrected chi connectivity index (χ2v) is 8.06. The van der Waals surface area contributed by atoms with Crippen LogP contribution in [0.15, 0.2) is 23.2 Å². The number of morpholine rings is 1. The number of nitrogens with zero attached hydrogens (tertiary/aromatic N) is 2. The van der Waals surface area contributed by atoms with Crippen LogP contribution in [0.5, 0.6) is 0 Å². The highest BCUT2D eigenvalue weighted by Crippen LogP contribution is 2.23. The molecule has 6 nitrogen and oxygen atoms in total. The second kappa shape index (κ2) is 6.52. The minimum absolute atomic E-state index is 0.346. The first-order chi connectivity index (χ1) is 10.6. The Morgan fingerprint density at radius 2 is 2.00 bits per heavy atom. The van der Waals surface area contributed by atoms with Crippen LogP contribution >= 0.6 is 0 Å². The molecule has 2 fully saturated rings. The van der Waals surface area contributed by atoms with Crippen molar-refractivity contribution in [3.8, 4) is 0 Å². The molecule has 0 aliphatic carbocycles. The lowest BCUT2D eigenvalue weighted by Crippen LogP contribution is -2.41. The average Bonchev–Trinajstić information content (AvgIpc) is 2.56. The number of ether oxygens (including phenoxy) is 1. The quantitative estimate of drug-likeness (QED) is 0.822. The molecule has 3 heterocycles. The van der Waals surface area contributed by atoms with Crippen molar-refractivity contribution in [3.05, 3.63) is 18.3 Å². The summed E-state index contributed by atoms with van der Waals surface area (Å²) in [5.74, 6) is 1.37. The van der Waals surface area contributed by atoms with E-state index >= 15 is 0 Å². The molecule has 2 aliphatic heterocycles. The minimum atomic E-state index is -3.38. The van der Waals surface area contributed by atoms with Crippen molar-refractivity contribution in [2.45, 2.75) is 24.7 Å². The standard InChI is InChI=1S/C15H23N3O3S/c1-13-3-2-6-18(12-13)22(19,20)14-4-5-15(16-11-14)17-7-9-21-10-8-17/h4-5,11,13H,2-3,6-10,12H2,1H3/p+1/t13-/m0/s1. The molecular formula is C15H24N3O3S+. The normalized spacial score (nSPS) is 24.4. The summed E-state index contributed by atoms with van der Waals surface area (Å²) in [5.41, 5.74) is 0. The third kappa shape index (κ3) is 3.26. The zero-order valence-electron chi connectivity index (χ0n) is 13.0. The lowest BCUT2D eigenvalue weighted by Gasteiger charge is -2.29. The molecule has 22 heavy (non-hydrogen) atoms. The third-order valence-electron chi connectivity index (χ3n) is 4.38. The molecule has 0 spiro atoms. The molecule has 7 heteroatoms. The fourth-order valence-corrected chi connectivity index (χ4v) is 4.64. The van der Waals surface area contributed by atoms with E-state index in [2.05, 4.69) is 16.8 Å². The van der Waals surface area contributed by atoms with Gasteiger partial charge in [-0.1, -0.05) is 6.92 Å². The van der Waals surface area contributed by atoms with Gasteiger partial charge in [-0.05, 0) is 24.8 Å². The summed E-state index contributed by atoms with van der Waals surface area (Å²) >= 11 is 0. The first-order valence-electron chi connectivity index (χ1n) is 7.92. The molecule has 0 unspecified atom stereocenters. The van der Waals surface area contributed by atoms with Gasteiger partial charge in [0, 0.05) is 19.2 Å². The van der Waals surface area contributed by atoms with E-state index in [0.717, 1.165) is 31.7 Å². The number of anilines is 1. The summed E-state index contributed by atoms with van der Waals surface area (Å²) in [7, 11) is -3.38. The van der Waals surface area contributed by atoms with Crippen LogP contribution in [0.2, 0.25) is 0 Å². The molecule has 1 aromatic heterocycles. The number of aromatic nitrogens is 1. The fraction of sp³-hybridized carbons (Fsp3) is 0.667. The average molecular weight is 326 g/mol. The first kappa shape index (κ1) is 15.7. The van der Waals surface area contributed by atoms with Gasteiger partial charge in [0.25, 0.3) is 5.82 Å². The monoisotopic (exact) mass is 326 g/mol. The molecule has 0 saturated carbocycles. The second-order valence-electron chi connectivity index (χ2n) is 6.12. The summed E-state index contributed by atoms with van der Waals surface area (Å²) in [6, 6.07) is 3.56. The van der Waals surface area contributed by atoms with E-state index in [1.54, 1.807) is 16.6 Å². The maximum Gasteiger partial charge on any atom is 0.274 e. The highest BCUT2D eigenvalue weighted by Gasteiger charge is 2.30. The van der Waals surface area contributed by atoms with Crippen LogP contribution in [-0.4, -0.2) is 52.1 Å². The number of sulfonamides is 1. The highest BCUT2D eigenvalue weighted by atomic mass is 32.2. The zero-order valence-corrected chi connectivity index (χ0v) is 13.8. The van der Waals surface area contributed by atoms with Gasteiger partial charge in [-0.25, -0.2) is 13.4 Å². The van der Waals surface area contributed by atoms with E-state index in [1.165, 1.54) is 0 Å². The van der Waals surface area contributed by atoms with Gasteiger partial charge >= 0.3 is 0 Å². The van der Waals surface area contributed by atoms with E-state index in [-0.39, 0.29) is 0 Å². The van der Waals surface area contributed by atoms with Crippen LogP contribution in [0.1, 0.15) is 19.8 Å². The van der Waals surface area contributed by atoms with Gasteiger partial charge in [0.2, 0.25) is 10.0 Å². The Morgan fingerprint density at radius 1 is 1.23 bits per heavy atom. The zero-order chi connectivity index (χ0) is 15.6. The largest absolute Gasteiger partial charge is 0.373 e. The Labute approximate surface area is 132 Å². The number of H-pyrrole nitrogens is 1. The molecule has 0 amide bonds. The van der Waals surface area contributed by atoms with Crippen molar-refractivity contribution in [1.82, 2.24) is 4.31 Å². The molecule has 0 radical (unpaired) electrons. The predicted molar refractivity (Wildman–Crippen MR) is 83.2 cm³/mol. The van der Waals surface area contributed by atoms with Gasteiger partial charge in [-0.15, -0.1) is 0 Å². The number of hydrogen-bond donors (Lipinski definition) is 0. The number of rotatable bonds is 3. The lowest BCUT2D eigenvalue weighted by atomic mass is 10.0. The summed E-state index contributed by atoms with van der Waals surface area (Å²) < 4.78 is 32.3. The number of aromatic amines is 1. The number of nitrogens with one attached hydrogen (secondary N) is 1. The van der Waals surface area contributed by atoms with Crippen LogP contribution in [0.4, 0.5) is 5.82 Å². The maximum absolute atomic E-state index is 12.7. The Hall–Kier alpha value is -1.18. The Morgan fingerprint density at radius 3 is 2.64 bits per heavy atom. The minimum Gasteiger partial charge on any atom is -0.373 e. The number of pyridine rings is 1. The van der Waals surface area contributed by atoms with E-state index < -0.39 is 10.0 Å². The van der Waals surface area contributed by atoms with Gasteiger partial charge in [0.15, 0.2) is 0 Å². The van der Waals surface area contributed by atoms with Crippen molar-refractivity contribution in [3.63, 3.8) is 0 Å². The Kier molecular flexibility index (Phi) is 4.65. The van der Waals surface area contributed by atoms with Gasteiger partial charge in [0.05, 0.1) is 13.2 Å².